The number of nitrogens with zero attached hydrogens (tertiary/aromatic N) is 3. The Kier molecular flexibility index (Phi) is 6.44. The Morgan fingerprint density at radius 3 is 3.04 bits per heavy atom. The molecular formula is C17H16BrClFN5O2. The first kappa shape index (κ1) is 19.8. The van der Waals surface area contributed by atoms with Crippen molar-refractivity contribution in [2.45, 2.75) is 19.1 Å². The summed E-state index contributed by atoms with van der Waals surface area (Å²) in [5, 5.41) is 24.9. The average molecular weight is 457 g/mol. The number of anilines is 3. The number of benzene rings is 1. The van der Waals surface area contributed by atoms with Gasteiger partial charge in [-0.05, 0) is 40.0 Å². The fourth-order valence-corrected chi connectivity index (χ4v) is 3.20. The largest absolute Gasteiger partial charge is 0.392 e. The molecule has 3 N–H and O–H groups in total. The van der Waals surface area contributed by atoms with Crippen molar-refractivity contribution >= 4 is 45.0 Å². The lowest BCUT2D eigenvalue weighted by atomic mass is 9.96. The number of aromatic nitrogens is 2. The third-order valence-electron chi connectivity index (χ3n) is 4.12. The summed E-state index contributed by atoms with van der Waals surface area (Å²) in [6.07, 6.45) is 2.04. The van der Waals surface area contributed by atoms with Crippen LogP contribution < -0.4 is 10.6 Å². The first-order chi connectivity index (χ1) is 13.0. The summed E-state index contributed by atoms with van der Waals surface area (Å²) in [6.45, 7) is 0.598. The van der Waals surface area contributed by atoms with Crippen LogP contribution in [-0.4, -0.2) is 34.3 Å². The van der Waals surface area contributed by atoms with E-state index in [0.717, 1.165) is 0 Å². The molecule has 2 aromatic rings. The van der Waals surface area contributed by atoms with Gasteiger partial charge in [0, 0.05) is 12.3 Å². The molecule has 1 fully saturated rings. The van der Waals surface area contributed by atoms with Crippen molar-refractivity contribution in [1.29, 1.82) is 5.26 Å². The SMILES string of the molecule is N#C[C@H]1CCOC[C@@H]1Nc1nc(Nc2cc(F)c(Br)c(CO)c2)ncc1Cl. The summed E-state index contributed by atoms with van der Waals surface area (Å²) < 4.78 is 19.6. The second kappa shape index (κ2) is 8.80. The zero-order valence-electron chi connectivity index (χ0n) is 14.0. The lowest BCUT2D eigenvalue weighted by molar-refractivity contribution is 0.0698. The van der Waals surface area contributed by atoms with Crippen LogP contribution in [-0.2, 0) is 11.3 Å². The Balaban J connectivity index is 1.81. The van der Waals surface area contributed by atoms with Crippen molar-refractivity contribution in [3.8, 4) is 6.07 Å². The third kappa shape index (κ3) is 4.65. The maximum absolute atomic E-state index is 13.9. The van der Waals surface area contributed by atoms with Crippen LogP contribution >= 0.6 is 27.5 Å². The molecule has 1 aliphatic rings. The Morgan fingerprint density at radius 1 is 1.48 bits per heavy atom. The summed E-state index contributed by atoms with van der Waals surface area (Å²) in [6, 6.07) is 4.86. The highest BCUT2D eigenvalue weighted by atomic mass is 79.9. The molecule has 0 aliphatic carbocycles. The van der Waals surface area contributed by atoms with Gasteiger partial charge in [-0.15, -0.1) is 0 Å². The molecule has 0 unspecified atom stereocenters. The molecule has 0 radical (unpaired) electrons. The first-order valence-electron chi connectivity index (χ1n) is 8.14. The summed E-state index contributed by atoms with van der Waals surface area (Å²) >= 11 is 9.25. The normalized spacial score (nSPS) is 19.4. The minimum absolute atomic E-state index is 0.192. The van der Waals surface area contributed by atoms with E-state index < -0.39 is 5.82 Å². The van der Waals surface area contributed by atoms with Crippen molar-refractivity contribution in [2.75, 3.05) is 23.8 Å². The second-order valence-corrected chi connectivity index (χ2v) is 7.15. The molecule has 1 saturated heterocycles. The van der Waals surface area contributed by atoms with E-state index in [1.807, 2.05) is 0 Å². The van der Waals surface area contributed by atoms with Crippen LogP contribution in [0.15, 0.2) is 22.8 Å². The average Bonchev–Trinajstić information content (AvgIpc) is 2.67. The van der Waals surface area contributed by atoms with E-state index in [9.17, 15) is 14.8 Å². The number of hydrogen-bond acceptors (Lipinski definition) is 7. The Hall–Kier alpha value is -1.99. The highest BCUT2D eigenvalue weighted by molar-refractivity contribution is 9.10. The van der Waals surface area contributed by atoms with Crippen LogP contribution in [0.25, 0.3) is 0 Å². The maximum atomic E-state index is 13.9. The van der Waals surface area contributed by atoms with E-state index in [0.29, 0.717) is 41.7 Å². The molecule has 0 bridgehead atoms. The Morgan fingerprint density at radius 2 is 2.30 bits per heavy atom. The number of ether oxygens (including phenoxy) is 1. The summed E-state index contributed by atoms with van der Waals surface area (Å²) in [5.41, 5.74) is 0.768. The molecule has 0 saturated carbocycles. The molecule has 10 heteroatoms. The Labute approximate surface area is 168 Å². The van der Waals surface area contributed by atoms with Crippen molar-refractivity contribution in [1.82, 2.24) is 9.97 Å². The molecule has 1 aliphatic heterocycles. The minimum Gasteiger partial charge on any atom is -0.392 e. The molecule has 1 aromatic heterocycles. The van der Waals surface area contributed by atoms with Gasteiger partial charge in [0.25, 0.3) is 0 Å². The van der Waals surface area contributed by atoms with E-state index in [1.165, 1.54) is 12.3 Å². The van der Waals surface area contributed by atoms with Gasteiger partial charge in [-0.3, -0.25) is 0 Å². The zero-order valence-corrected chi connectivity index (χ0v) is 16.4. The van der Waals surface area contributed by atoms with Crippen molar-refractivity contribution in [3.05, 3.63) is 39.2 Å². The van der Waals surface area contributed by atoms with Crippen molar-refractivity contribution in [2.24, 2.45) is 5.92 Å². The fourth-order valence-electron chi connectivity index (χ4n) is 2.70. The van der Waals surface area contributed by atoms with Crippen LogP contribution in [0, 0.1) is 23.1 Å². The molecular weight excluding hydrogens is 441 g/mol. The molecule has 0 spiro atoms. The van der Waals surface area contributed by atoms with Crippen molar-refractivity contribution in [3.63, 3.8) is 0 Å². The number of nitrogens with one attached hydrogen (secondary N) is 2. The molecule has 2 heterocycles. The van der Waals surface area contributed by atoms with Crippen LogP contribution in [0.1, 0.15) is 12.0 Å². The van der Waals surface area contributed by atoms with Gasteiger partial charge in [-0.1, -0.05) is 11.6 Å². The quantitative estimate of drug-likeness (QED) is 0.631. The fraction of sp³-hybridized carbons (Fsp3) is 0.353. The van der Waals surface area contributed by atoms with Gasteiger partial charge in [-0.2, -0.15) is 10.2 Å². The lowest BCUT2D eigenvalue weighted by Crippen LogP contribution is -2.38. The summed E-state index contributed by atoms with van der Waals surface area (Å²) in [7, 11) is 0. The highest BCUT2D eigenvalue weighted by Gasteiger charge is 2.26. The Bertz CT molecular complexity index is 879. The third-order valence-corrected chi connectivity index (χ3v) is 5.28. The predicted octanol–water partition coefficient (Wildman–Crippen LogP) is 3.61. The van der Waals surface area contributed by atoms with Crippen LogP contribution in [0.5, 0.6) is 0 Å². The van der Waals surface area contributed by atoms with Gasteiger partial charge < -0.3 is 20.5 Å². The van der Waals surface area contributed by atoms with Gasteiger partial charge in [0.2, 0.25) is 5.95 Å². The van der Waals surface area contributed by atoms with E-state index in [-0.39, 0.29) is 29.0 Å². The molecule has 0 amide bonds. The molecule has 142 valence electrons. The molecule has 1 aromatic carbocycles. The summed E-state index contributed by atoms with van der Waals surface area (Å²) in [4.78, 5) is 8.40. The highest BCUT2D eigenvalue weighted by Crippen LogP contribution is 2.28. The molecule has 27 heavy (non-hydrogen) atoms. The van der Waals surface area contributed by atoms with Gasteiger partial charge >= 0.3 is 0 Å². The smallest absolute Gasteiger partial charge is 0.229 e. The predicted molar refractivity (Wildman–Crippen MR) is 102 cm³/mol. The molecule has 3 rings (SSSR count). The number of hydrogen-bond donors (Lipinski definition) is 3. The van der Waals surface area contributed by atoms with Gasteiger partial charge in [0.05, 0.1) is 41.9 Å². The van der Waals surface area contributed by atoms with Crippen LogP contribution in [0.2, 0.25) is 5.02 Å². The van der Waals surface area contributed by atoms with Crippen LogP contribution in [0.4, 0.5) is 21.8 Å². The van der Waals surface area contributed by atoms with Gasteiger partial charge in [0.1, 0.15) is 10.8 Å². The number of nitriles is 1. The second-order valence-electron chi connectivity index (χ2n) is 5.95. The monoisotopic (exact) mass is 455 g/mol. The van der Waals surface area contributed by atoms with Gasteiger partial charge in [-0.25, -0.2) is 9.37 Å². The van der Waals surface area contributed by atoms with Crippen molar-refractivity contribution < 1.29 is 14.2 Å². The van der Waals surface area contributed by atoms with Gasteiger partial charge in [0.15, 0.2) is 5.82 Å². The first-order valence-corrected chi connectivity index (χ1v) is 9.31. The van der Waals surface area contributed by atoms with E-state index >= 15 is 0 Å². The standard InChI is InChI=1S/C17H16BrClFN5O2/c18-15-10(7-26)3-11(4-13(15)20)23-17-22-6-12(19)16(25-17)24-14-8-27-2-1-9(14)5-21/h3-4,6,9,14,26H,1-2,7-8H2,(H2,22,23,24,25)/t9-,14+/m1/s1. The number of aliphatic hydroxyl groups excluding tert-OH is 1. The summed E-state index contributed by atoms with van der Waals surface area (Å²) in [5.74, 6) is -0.191. The van der Waals surface area contributed by atoms with E-state index in [2.05, 4.69) is 42.6 Å². The molecule has 2 atom stereocenters. The van der Waals surface area contributed by atoms with E-state index in [1.54, 1.807) is 6.07 Å². The number of rotatable bonds is 5. The maximum Gasteiger partial charge on any atom is 0.229 e. The molecule has 7 nitrogen and oxygen atoms in total. The minimum atomic E-state index is -0.521. The number of aliphatic hydroxyl groups is 1. The van der Waals surface area contributed by atoms with E-state index in [4.69, 9.17) is 16.3 Å². The lowest BCUT2D eigenvalue weighted by Gasteiger charge is -2.28. The zero-order chi connectivity index (χ0) is 19.4. The topological polar surface area (TPSA) is 103 Å². The number of halogens is 3. The van der Waals surface area contributed by atoms with Crippen LogP contribution in [0.3, 0.4) is 0 Å².